The summed E-state index contributed by atoms with van der Waals surface area (Å²) in [5.41, 5.74) is 1.85. The SMILES string of the molecule is O=C(CCc1ccccc1)NC1CCC(C[C@@H]2CC[C@H]([C@@H](O)c3cccc(F)c3)N2)CC1. The Kier molecular flexibility index (Phi) is 7.93. The molecule has 1 aliphatic heterocycles. The van der Waals surface area contributed by atoms with Crippen LogP contribution in [0.1, 0.15) is 68.6 Å². The Morgan fingerprint density at radius 3 is 2.56 bits per heavy atom. The lowest BCUT2D eigenvalue weighted by molar-refractivity contribution is -0.122. The van der Waals surface area contributed by atoms with Gasteiger partial charge in [0.05, 0.1) is 6.10 Å². The van der Waals surface area contributed by atoms with E-state index < -0.39 is 6.10 Å². The quantitative estimate of drug-likeness (QED) is 0.561. The molecule has 0 aromatic heterocycles. The van der Waals surface area contributed by atoms with Crippen LogP contribution in [0.25, 0.3) is 0 Å². The molecule has 1 amide bonds. The maximum absolute atomic E-state index is 13.5. The zero-order valence-corrected chi connectivity index (χ0v) is 18.7. The maximum atomic E-state index is 13.5. The third-order valence-corrected chi connectivity index (χ3v) is 7.16. The van der Waals surface area contributed by atoms with Gasteiger partial charge in [0.2, 0.25) is 5.91 Å². The highest BCUT2D eigenvalue weighted by Gasteiger charge is 2.32. The smallest absolute Gasteiger partial charge is 0.220 e. The molecule has 5 heteroatoms. The Hall–Kier alpha value is -2.24. The van der Waals surface area contributed by atoms with Crippen LogP contribution < -0.4 is 10.6 Å². The molecule has 4 nitrogen and oxygen atoms in total. The predicted octanol–water partition coefficient (Wildman–Crippen LogP) is 4.68. The van der Waals surface area contributed by atoms with Crippen LogP contribution in [-0.4, -0.2) is 29.1 Å². The van der Waals surface area contributed by atoms with Crippen molar-refractivity contribution in [1.29, 1.82) is 0 Å². The molecule has 32 heavy (non-hydrogen) atoms. The van der Waals surface area contributed by atoms with Gasteiger partial charge >= 0.3 is 0 Å². The lowest BCUT2D eigenvalue weighted by Crippen LogP contribution is -2.39. The van der Waals surface area contributed by atoms with Crippen LogP contribution >= 0.6 is 0 Å². The van der Waals surface area contributed by atoms with Crippen molar-refractivity contribution in [2.75, 3.05) is 0 Å². The highest BCUT2D eigenvalue weighted by molar-refractivity contribution is 5.76. The lowest BCUT2D eigenvalue weighted by Gasteiger charge is -2.31. The van der Waals surface area contributed by atoms with Gasteiger partial charge in [0.1, 0.15) is 5.82 Å². The number of rotatable bonds is 8. The maximum Gasteiger partial charge on any atom is 0.220 e. The second kappa shape index (κ2) is 11.1. The number of carbonyl (C=O) groups is 1. The van der Waals surface area contributed by atoms with Gasteiger partial charge in [-0.25, -0.2) is 4.39 Å². The molecule has 172 valence electrons. The van der Waals surface area contributed by atoms with E-state index in [1.165, 1.54) is 17.7 Å². The molecule has 4 rings (SSSR count). The molecule has 3 atom stereocenters. The summed E-state index contributed by atoms with van der Waals surface area (Å²) in [5, 5.41) is 17.5. The highest BCUT2D eigenvalue weighted by Crippen LogP contribution is 2.33. The molecule has 2 aromatic carbocycles. The van der Waals surface area contributed by atoms with Crippen molar-refractivity contribution in [3.63, 3.8) is 0 Å². The molecule has 0 unspecified atom stereocenters. The van der Waals surface area contributed by atoms with Crippen molar-refractivity contribution in [3.8, 4) is 0 Å². The number of aliphatic hydroxyl groups excluding tert-OH is 1. The number of benzene rings is 2. The monoisotopic (exact) mass is 438 g/mol. The third kappa shape index (κ3) is 6.39. The van der Waals surface area contributed by atoms with Crippen LogP contribution in [0.2, 0.25) is 0 Å². The van der Waals surface area contributed by atoms with E-state index in [-0.39, 0.29) is 17.8 Å². The normalized spacial score (nSPS) is 26.6. The molecule has 2 aliphatic rings. The van der Waals surface area contributed by atoms with Crippen molar-refractivity contribution in [1.82, 2.24) is 10.6 Å². The van der Waals surface area contributed by atoms with E-state index in [0.29, 0.717) is 30.0 Å². The first-order chi connectivity index (χ1) is 15.6. The van der Waals surface area contributed by atoms with Crippen molar-refractivity contribution < 1.29 is 14.3 Å². The van der Waals surface area contributed by atoms with E-state index in [4.69, 9.17) is 0 Å². The fraction of sp³-hybridized carbons (Fsp3) is 0.519. The van der Waals surface area contributed by atoms with E-state index in [2.05, 4.69) is 22.8 Å². The Labute approximate surface area is 190 Å². The first kappa shape index (κ1) is 22.9. The number of nitrogens with one attached hydrogen (secondary N) is 2. The summed E-state index contributed by atoms with van der Waals surface area (Å²) in [6.45, 7) is 0. The summed E-state index contributed by atoms with van der Waals surface area (Å²) < 4.78 is 13.5. The minimum absolute atomic E-state index is 0.0120. The first-order valence-electron chi connectivity index (χ1n) is 12.1. The Bertz CT molecular complexity index is 867. The van der Waals surface area contributed by atoms with Crippen LogP contribution in [0.4, 0.5) is 4.39 Å². The van der Waals surface area contributed by atoms with Gasteiger partial charge in [-0.3, -0.25) is 4.79 Å². The van der Waals surface area contributed by atoms with E-state index in [9.17, 15) is 14.3 Å². The fourth-order valence-electron chi connectivity index (χ4n) is 5.36. The van der Waals surface area contributed by atoms with Crippen molar-refractivity contribution in [2.45, 2.75) is 82.0 Å². The number of carbonyl (C=O) groups excluding carboxylic acids is 1. The summed E-state index contributed by atoms with van der Waals surface area (Å²) in [5.74, 6) is 0.513. The zero-order chi connectivity index (χ0) is 22.3. The zero-order valence-electron chi connectivity index (χ0n) is 18.7. The van der Waals surface area contributed by atoms with Crippen LogP contribution in [0, 0.1) is 11.7 Å². The second-order valence-corrected chi connectivity index (χ2v) is 9.55. The van der Waals surface area contributed by atoms with Gasteiger partial charge in [0.15, 0.2) is 0 Å². The molecule has 0 spiro atoms. The minimum Gasteiger partial charge on any atom is -0.387 e. The summed E-state index contributed by atoms with van der Waals surface area (Å²) >= 11 is 0. The van der Waals surface area contributed by atoms with E-state index in [1.807, 2.05) is 18.2 Å². The van der Waals surface area contributed by atoms with Gasteiger partial charge in [0, 0.05) is 24.5 Å². The van der Waals surface area contributed by atoms with Gasteiger partial charge in [-0.2, -0.15) is 0 Å². The molecule has 3 N–H and O–H groups in total. The van der Waals surface area contributed by atoms with Gasteiger partial charge in [-0.15, -0.1) is 0 Å². The third-order valence-electron chi connectivity index (χ3n) is 7.16. The van der Waals surface area contributed by atoms with Gasteiger partial charge in [-0.05, 0) is 80.5 Å². The van der Waals surface area contributed by atoms with Crippen LogP contribution in [0.15, 0.2) is 54.6 Å². The van der Waals surface area contributed by atoms with Crippen molar-refractivity contribution in [3.05, 3.63) is 71.5 Å². The topological polar surface area (TPSA) is 61.4 Å². The van der Waals surface area contributed by atoms with Gasteiger partial charge < -0.3 is 15.7 Å². The molecule has 1 heterocycles. The number of aliphatic hydroxyl groups is 1. The second-order valence-electron chi connectivity index (χ2n) is 9.55. The van der Waals surface area contributed by atoms with Crippen molar-refractivity contribution in [2.24, 2.45) is 5.92 Å². The summed E-state index contributed by atoms with van der Waals surface area (Å²) in [7, 11) is 0. The minimum atomic E-state index is -0.669. The Balaban J connectivity index is 1.15. The molecule has 0 radical (unpaired) electrons. The number of hydrogen-bond acceptors (Lipinski definition) is 3. The molecule has 0 bridgehead atoms. The number of aryl methyl sites for hydroxylation is 1. The Morgan fingerprint density at radius 2 is 1.81 bits per heavy atom. The van der Waals surface area contributed by atoms with Gasteiger partial charge in [0.25, 0.3) is 0 Å². The molecule has 2 fully saturated rings. The average Bonchev–Trinajstić information content (AvgIpc) is 3.28. The summed E-state index contributed by atoms with van der Waals surface area (Å²) in [6, 6.07) is 17.1. The first-order valence-corrected chi connectivity index (χ1v) is 12.1. The molecule has 1 aliphatic carbocycles. The number of hydrogen-bond donors (Lipinski definition) is 3. The molecule has 1 saturated heterocycles. The molecular weight excluding hydrogens is 403 g/mol. The lowest BCUT2D eigenvalue weighted by atomic mass is 9.82. The number of amides is 1. The average molecular weight is 439 g/mol. The molecule has 2 aromatic rings. The highest BCUT2D eigenvalue weighted by atomic mass is 19.1. The standard InChI is InChI=1S/C27H35FN2O2/c28-22-8-4-7-21(18-22)27(32)25-15-14-24(29-25)17-20-9-12-23(13-10-20)30-26(31)16-11-19-5-2-1-3-6-19/h1-8,18,20,23-25,27,29,32H,9-17H2,(H,30,31)/t20?,23?,24-,25+,27-/m0/s1. The van der Waals surface area contributed by atoms with Crippen LogP contribution in [-0.2, 0) is 11.2 Å². The number of halogens is 1. The van der Waals surface area contributed by atoms with E-state index in [1.54, 1.807) is 12.1 Å². The molecule has 1 saturated carbocycles. The molecular formula is C27H35FN2O2. The Morgan fingerprint density at radius 1 is 1.03 bits per heavy atom. The van der Waals surface area contributed by atoms with E-state index >= 15 is 0 Å². The predicted molar refractivity (Wildman–Crippen MR) is 125 cm³/mol. The fourth-order valence-corrected chi connectivity index (χ4v) is 5.36. The van der Waals surface area contributed by atoms with Gasteiger partial charge in [-0.1, -0.05) is 42.5 Å². The van der Waals surface area contributed by atoms with Crippen molar-refractivity contribution >= 4 is 5.91 Å². The van der Waals surface area contributed by atoms with Crippen LogP contribution in [0.5, 0.6) is 0 Å². The summed E-state index contributed by atoms with van der Waals surface area (Å²) in [4.78, 5) is 12.3. The van der Waals surface area contributed by atoms with Crippen LogP contribution in [0.3, 0.4) is 0 Å². The largest absolute Gasteiger partial charge is 0.387 e. The summed E-state index contributed by atoms with van der Waals surface area (Å²) in [6.07, 6.45) is 8.11. The van der Waals surface area contributed by atoms with E-state index in [0.717, 1.165) is 51.4 Å².